The van der Waals surface area contributed by atoms with Gasteiger partial charge in [0, 0.05) is 25.3 Å². The van der Waals surface area contributed by atoms with Crippen molar-refractivity contribution in [2.24, 2.45) is 11.7 Å². The Labute approximate surface area is 109 Å². The normalized spacial score (nSPS) is 27.9. The fourth-order valence-corrected chi connectivity index (χ4v) is 3.65. The van der Waals surface area contributed by atoms with Crippen LogP contribution in [0.15, 0.2) is 18.3 Å². The molecule has 0 unspecified atom stereocenters. The van der Waals surface area contributed by atoms with Crippen molar-refractivity contribution < 1.29 is 0 Å². The second kappa shape index (κ2) is 5.27. The van der Waals surface area contributed by atoms with Gasteiger partial charge in [0.1, 0.15) is 5.82 Å². The van der Waals surface area contributed by atoms with Crippen LogP contribution in [0.4, 0.5) is 5.82 Å². The summed E-state index contributed by atoms with van der Waals surface area (Å²) in [6.07, 6.45) is 10.2. The summed E-state index contributed by atoms with van der Waals surface area (Å²) in [7, 11) is 0. The van der Waals surface area contributed by atoms with Crippen LogP contribution in [0.1, 0.15) is 44.1 Å². The van der Waals surface area contributed by atoms with E-state index in [2.05, 4.69) is 16.0 Å². The molecule has 1 aliphatic carbocycles. The molecule has 18 heavy (non-hydrogen) atoms. The van der Waals surface area contributed by atoms with Crippen LogP contribution in [0.2, 0.25) is 0 Å². The summed E-state index contributed by atoms with van der Waals surface area (Å²) in [5.41, 5.74) is 6.93. The maximum atomic E-state index is 5.73. The molecule has 1 aromatic heterocycles. The molecule has 0 radical (unpaired) electrons. The van der Waals surface area contributed by atoms with E-state index in [1.807, 2.05) is 12.3 Å². The predicted octanol–water partition coefficient (Wildman–Crippen LogP) is 2.70. The van der Waals surface area contributed by atoms with Gasteiger partial charge in [0.15, 0.2) is 0 Å². The minimum atomic E-state index is 0.609. The molecule has 1 aromatic rings. The highest BCUT2D eigenvalue weighted by Crippen LogP contribution is 2.37. The number of nitrogens with two attached hydrogens (primary N) is 1. The summed E-state index contributed by atoms with van der Waals surface area (Å²) >= 11 is 0. The highest BCUT2D eigenvalue weighted by atomic mass is 15.2. The molecule has 0 aromatic carbocycles. The SMILES string of the molecule is NCc1ccnc(N2CCC[C@H]3CCCC[C@H]32)c1. The Morgan fingerprint density at radius 1 is 1.22 bits per heavy atom. The van der Waals surface area contributed by atoms with E-state index in [4.69, 9.17) is 5.73 Å². The Morgan fingerprint density at radius 3 is 2.94 bits per heavy atom. The van der Waals surface area contributed by atoms with Crippen molar-refractivity contribution in [2.75, 3.05) is 11.4 Å². The highest BCUT2D eigenvalue weighted by Gasteiger charge is 2.33. The van der Waals surface area contributed by atoms with Crippen molar-refractivity contribution in [2.45, 2.75) is 51.1 Å². The summed E-state index contributed by atoms with van der Waals surface area (Å²) < 4.78 is 0. The average molecular weight is 245 g/mol. The first kappa shape index (κ1) is 12.0. The Balaban J connectivity index is 1.84. The lowest BCUT2D eigenvalue weighted by molar-refractivity contribution is 0.242. The molecule has 0 bridgehead atoms. The van der Waals surface area contributed by atoms with Crippen molar-refractivity contribution >= 4 is 5.82 Å². The van der Waals surface area contributed by atoms with Gasteiger partial charge in [-0.3, -0.25) is 0 Å². The van der Waals surface area contributed by atoms with E-state index in [9.17, 15) is 0 Å². The molecule has 2 heterocycles. The van der Waals surface area contributed by atoms with Crippen molar-refractivity contribution in [1.82, 2.24) is 4.98 Å². The second-order valence-corrected chi connectivity index (χ2v) is 5.67. The first-order chi connectivity index (χ1) is 8.88. The molecule has 3 heteroatoms. The van der Waals surface area contributed by atoms with E-state index in [1.54, 1.807) is 0 Å². The number of hydrogen-bond acceptors (Lipinski definition) is 3. The van der Waals surface area contributed by atoms with E-state index >= 15 is 0 Å². The largest absolute Gasteiger partial charge is 0.353 e. The second-order valence-electron chi connectivity index (χ2n) is 5.67. The summed E-state index contributed by atoms with van der Waals surface area (Å²) in [5, 5.41) is 0. The van der Waals surface area contributed by atoms with Crippen LogP contribution in [0, 0.1) is 5.92 Å². The fraction of sp³-hybridized carbons (Fsp3) is 0.667. The van der Waals surface area contributed by atoms with E-state index in [-0.39, 0.29) is 0 Å². The molecular formula is C15H23N3. The van der Waals surface area contributed by atoms with Crippen LogP contribution in [-0.2, 0) is 6.54 Å². The molecule has 98 valence electrons. The Morgan fingerprint density at radius 2 is 2.06 bits per heavy atom. The molecule has 0 spiro atoms. The van der Waals surface area contributed by atoms with Gasteiger partial charge in [-0.1, -0.05) is 12.8 Å². The van der Waals surface area contributed by atoms with Gasteiger partial charge in [0.2, 0.25) is 0 Å². The molecule has 2 aliphatic rings. The summed E-state index contributed by atoms with van der Waals surface area (Å²) in [6.45, 7) is 1.78. The van der Waals surface area contributed by atoms with Gasteiger partial charge < -0.3 is 10.6 Å². The van der Waals surface area contributed by atoms with Crippen LogP contribution in [0.5, 0.6) is 0 Å². The lowest BCUT2D eigenvalue weighted by Gasteiger charge is -2.44. The molecule has 1 saturated carbocycles. The standard InChI is InChI=1S/C15H23N3/c16-11-12-7-8-17-15(10-12)18-9-3-5-13-4-1-2-6-14(13)18/h7-8,10,13-14H,1-6,9,11,16H2/t13-,14-/m1/s1. The van der Waals surface area contributed by atoms with Gasteiger partial charge in [-0.25, -0.2) is 4.98 Å². The summed E-state index contributed by atoms with van der Waals surface area (Å²) in [4.78, 5) is 7.12. The number of aromatic nitrogens is 1. The predicted molar refractivity (Wildman–Crippen MR) is 74.5 cm³/mol. The van der Waals surface area contributed by atoms with Crippen molar-refractivity contribution in [3.8, 4) is 0 Å². The highest BCUT2D eigenvalue weighted by molar-refractivity contribution is 5.43. The minimum absolute atomic E-state index is 0.609. The smallest absolute Gasteiger partial charge is 0.129 e. The number of nitrogens with zero attached hydrogens (tertiary/aromatic N) is 2. The summed E-state index contributed by atoms with van der Waals surface area (Å²) in [5.74, 6) is 2.05. The number of piperidine rings is 1. The third-order valence-corrected chi connectivity index (χ3v) is 4.58. The van der Waals surface area contributed by atoms with E-state index in [0.29, 0.717) is 6.54 Å². The van der Waals surface area contributed by atoms with Gasteiger partial charge in [-0.2, -0.15) is 0 Å². The summed E-state index contributed by atoms with van der Waals surface area (Å²) in [6, 6.07) is 4.93. The minimum Gasteiger partial charge on any atom is -0.353 e. The molecule has 2 atom stereocenters. The zero-order valence-electron chi connectivity index (χ0n) is 11.0. The number of rotatable bonds is 2. The third kappa shape index (κ3) is 2.24. The van der Waals surface area contributed by atoms with Gasteiger partial charge >= 0.3 is 0 Å². The monoisotopic (exact) mass is 245 g/mol. The molecule has 1 aliphatic heterocycles. The maximum Gasteiger partial charge on any atom is 0.129 e. The first-order valence-electron chi connectivity index (χ1n) is 7.30. The number of anilines is 1. The van der Waals surface area contributed by atoms with Gasteiger partial charge in [-0.15, -0.1) is 0 Å². The van der Waals surface area contributed by atoms with Gasteiger partial charge in [0.25, 0.3) is 0 Å². The van der Waals surface area contributed by atoms with Crippen LogP contribution in [0.25, 0.3) is 0 Å². The third-order valence-electron chi connectivity index (χ3n) is 4.58. The quantitative estimate of drug-likeness (QED) is 0.871. The molecule has 3 nitrogen and oxygen atoms in total. The Hall–Kier alpha value is -1.09. The topological polar surface area (TPSA) is 42.1 Å². The van der Waals surface area contributed by atoms with Gasteiger partial charge in [0.05, 0.1) is 0 Å². The maximum absolute atomic E-state index is 5.73. The zero-order valence-corrected chi connectivity index (χ0v) is 11.0. The van der Waals surface area contributed by atoms with E-state index in [0.717, 1.165) is 17.8 Å². The zero-order chi connectivity index (χ0) is 12.4. The van der Waals surface area contributed by atoms with Crippen molar-refractivity contribution in [1.29, 1.82) is 0 Å². The number of hydrogen-bond donors (Lipinski definition) is 1. The van der Waals surface area contributed by atoms with Crippen molar-refractivity contribution in [3.63, 3.8) is 0 Å². The average Bonchev–Trinajstić information content (AvgIpc) is 2.47. The molecule has 2 fully saturated rings. The van der Waals surface area contributed by atoms with Crippen LogP contribution in [0.3, 0.4) is 0 Å². The van der Waals surface area contributed by atoms with Crippen molar-refractivity contribution in [3.05, 3.63) is 23.9 Å². The van der Waals surface area contributed by atoms with E-state index in [1.165, 1.54) is 50.6 Å². The molecule has 1 saturated heterocycles. The van der Waals surface area contributed by atoms with E-state index < -0.39 is 0 Å². The number of fused-ring (bicyclic) bond motifs is 1. The molecular weight excluding hydrogens is 222 g/mol. The lowest BCUT2D eigenvalue weighted by Crippen LogP contribution is -2.47. The molecule has 0 amide bonds. The lowest BCUT2D eigenvalue weighted by atomic mass is 9.78. The fourth-order valence-electron chi connectivity index (χ4n) is 3.65. The van der Waals surface area contributed by atoms with Gasteiger partial charge in [-0.05, 0) is 49.3 Å². The number of pyridine rings is 1. The molecule has 2 N–H and O–H groups in total. The van der Waals surface area contributed by atoms with Crippen LogP contribution >= 0.6 is 0 Å². The van der Waals surface area contributed by atoms with Crippen LogP contribution < -0.4 is 10.6 Å². The van der Waals surface area contributed by atoms with Crippen LogP contribution in [-0.4, -0.2) is 17.6 Å². The Bertz CT molecular complexity index is 402. The first-order valence-corrected chi connectivity index (χ1v) is 7.30. The Kier molecular flexibility index (Phi) is 3.50. The molecule has 3 rings (SSSR count).